The van der Waals surface area contributed by atoms with E-state index >= 15 is 0 Å². The molecule has 10 heteroatoms. The van der Waals surface area contributed by atoms with Crippen LogP contribution in [-0.4, -0.2) is 25.4 Å². The SMILES string of the molecule is CC1CCCCC1.NN/N=C(\N)c1cnc2c(c1)ncn2Cc1ccc2nc(N)sc2c1. The van der Waals surface area contributed by atoms with Crippen molar-refractivity contribution in [3.8, 4) is 0 Å². The fourth-order valence-electron chi connectivity index (χ4n) is 3.93. The van der Waals surface area contributed by atoms with Gasteiger partial charge in [0.2, 0.25) is 0 Å². The molecule has 0 radical (unpaired) electrons. The summed E-state index contributed by atoms with van der Waals surface area (Å²) in [7, 11) is 0. The number of nitrogen functional groups attached to an aromatic ring is 1. The number of rotatable bonds is 4. The Balaban J connectivity index is 0.000000300. The van der Waals surface area contributed by atoms with E-state index in [1.54, 1.807) is 12.5 Å². The molecule has 0 amide bonds. The maximum Gasteiger partial charge on any atom is 0.181 e. The van der Waals surface area contributed by atoms with Gasteiger partial charge in [-0.05, 0) is 29.7 Å². The number of pyridine rings is 1. The minimum Gasteiger partial charge on any atom is -0.382 e. The van der Waals surface area contributed by atoms with Crippen LogP contribution in [0.15, 0.2) is 41.9 Å². The van der Waals surface area contributed by atoms with Crippen molar-refractivity contribution in [2.24, 2.45) is 22.6 Å². The van der Waals surface area contributed by atoms with Crippen molar-refractivity contribution in [3.63, 3.8) is 0 Å². The molecule has 1 fully saturated rings. The number of fused-ring (bicyclic) bond motifs is 2. The molecule has 32 heavy (non-hydrogen) atoms. The van der Waals surface area contributed by atoms with Gasteiger partial charge in [-0.25, -0.2) is 26.3 Å². The van der Waals surface area contributed by atoms with Gasteiger partial charge < -0.3 is 16.0 Å². The predicted octanol–water partition coefficient (Wildman–Crippen LogP) is 3.34. The van der Waals surface area contributed by atoms with Gasteiger partial charge in [-0.2, -0.15) is 0 Å². The van der Waals surface area contributed by atoms with E-state index in [0.29, 0.717) is 17.2 Å². The highest BCUT2D eigenvalue weighted by Crippen LogP contribution is 2.25. The van der Waals surface area contributed by atoms with Gasteiger partial charge in [-0.3, -0.25) is 0 Å². The molecule has 7 N–H and O–H groups in total. The first-order chi connectivity index (χ1) is 15.5. The summed E-state index contributed by atoms with van der Waals surface area (Å²) < 4.78 is 3.03. The quantitative estimate of drug-likeness (QED) is 0.161. The molecular weight excluding hydrogens is 422 g/mol. The van der Waals surface area contributed by atoms with E-state index in [-0.39, 0.29) is 5.84 Å². The summed E-state index contributed by atoms with van der Waals surface area (Å²) in [6.07, 6.45) is 10.8. The summed E-state index contributed by atoms with van der Waals surface area (Å²) in [4.78, 5) is 13.1. The minimum atomic E-state index is 0.250. The molecule has 0 saturated heterocycles. The Labute approximate surface area is 190 Å². The number of thiazole rings is 1. The summed E-state index contributed by atoms with van der Waals surface area (Å²) in [6, 6.07) is 7.90. The van der Waals surface area contributed by atoms with Crippen LogP contribution in [-0.2, 0) is 6.54 Å². The third kappa shape index (κ3) is 5.14. The largest absolute Gasteiger partial charge is 0.382 e. The van der Waals surface area contributed by atoms with Gasteiger partial charge in [0.05, 0.1) is 23.1 Å². The summed E-state index contributed by atoms with van der Waals surface area (Å²) in [5.74, 6) is 6.43. The average Bonchev–Trinajstić information content (AvgIpc) is 3.36. The zero-order valence-electron chi connectivity index (χ0n) is 18.2. The van der Waals surface area contributed by atoms with Crippen LogP contribution in [0.3, 0.4) is 0 Å². The Morgan fingerprint density at radius 2 is 2.00 bits per heavy atom. The highest BCUT2D eigenvalue weighted by atomic mass is 32.1. The Hall–Kier alpha value is -3.24. The van der Waals surface area contributed by atoms with E-state index in [1.165, 1.54) is 43.4 Å². The predicted molar refractivity (Wildman–Crippen MR) is 131 cm³/mol. The van der Waals surface area contributed by atoms with Crippen molar-refractivity contribution >= 4 is 43.7 Å². The number of nitrogens with one attached hydrogen (secondary N) is 1. The third-order valence-electron chi connectivity index (χ3n) is 5.65. The molecule has 1 aromatic carbocycles. The number of nitrogens with two attached hydrogens (primary N) is 3. The molecular formula is C22H29N9S. The molecule has 5 rings (SSSR count). The minimum absolute atomic E-state index is 0.250. The van der Waals surface area contributed by atoms with Gasteiger partial charge in [0.15, 0.2) is 16.6 Å². The van der Waals surface area contributed by atoms with E-state index in [9.17, 15) is 0 Å². The summed E-state index contributed by atoms with van der Waals surface area (Å²) in [5.41, 5.74) is 17.9. The zero-order chi connectivity index (χ0) is 22.5. The Bertz CT molecular complexity index is 1220. The number of aromatic nitrogens is 4. The molecule has 0 aliphatic heterocycles. The van der Waals surface area contributed by atoms with Crippen LogP contribution in [0, 0.1) is 5.92 Å². The Morgan fingerprint density at radius 1 is 1.19 bits per heavy atom. The first kappa shape index (κ1) is 22.0. The van der Waals surface area contributed by atoms with E-state index in [1.807, 2.05) is 22.8 Å². The van der Waals surface area contributed by atoms with Gasteiger partial charge in [-0.1, -0.05) is 56.4 Å². The van der Waals surface area contributed by atoms with Crippen molar-refractivity contribution in [1.82, 2.24) is 25.1 Å². The number of hydrogen-bond donors (Lipinski definition) is 4. The summed E-state index contributed by atoms with van der Waals surface area (Å²) in [5, 5.41) is 4.31. The van der Waals surface area contributed by atoms with Crippen LogP contribution < -0.4 is 22.8 Å². The lowest BCUT2D eigenvalue weighted by molar-refractivity contribution is 0.385. The van der Waals surface area contributed by atoms with Crippen molar-refractivity contribution in [2.75, 3.05) is 5.73 Å². The van der Waals surface area contributed by atoms with Crippen LogP contribution in [0.1, 0.15) is 50.2 Å². The average molecular weight is 452 g/mol. The van der Waals surface area contributed by atoms with Crippen molar-refractivity contribution < 1.29 is 0 Å². The molecule has 1 saturated carbocycles. The molecule has 0 atom stereocenters. The van der Waals surface area contributed by atoms with Crippen molar-refractivity contribution in [3.05, 3.63) is 47.9 Å². The molecule has 9 nitrogen and oxygen atoms in total. The second kappa shape index (κ2) is 9.92. The number of hydrazone groups is 1. The number of imidazole rings is 1. The smallest absolute Gasteiger partial charge is 0.181 e. The maximum absolute atomic E-state index is 5.80. The van der Waals surface area contributed by atoms with Gasteiger partial charge >= 0.3 is 0 Å². The van der Waals surface area contributed by atoms with E-state index in [2.05, 4.69) is 38.6 Å². The van der Waals surface area contributed by atoms with Crippen LogP contribution in [0.2, 0.25) is 0 Å². The number of hydrogen-bond acceptors (Lipinski definition) is 8. The second-order valence-corrected chi connectivity index (χ2v) is 9.22. The molecule has 168 valence electrons. The number of amidine groups is 1. The molecule has 0 bridgehead atoms. The topological polar surface area (TPSA) is 146 Å². The molecule has 1 aliphatic carbocycles. The molecule has 3 aromatic heterocycles. The third-order valence-corrected chi connectivity index (χ3v) is 6.50. The van der Waals surface area contributed by atoms with Gasteiger partial charge in [-0.15, -0.1) is 5.10 Å². The number of benzene rings is 1. The van der Waals surface area contributed by atoms with Gasteiger partial charge in [0.25, 0.3) is 0 Å². The summed E-state index contributed by atoms with van der Waals surface area (Å²) >= 11 is 1.48. The highest BCUT2D eigenvalue weighted by Gasteiger charge is 2.09. The Morgan fingerprint density at radius 3 is 2.72 bits per heavy atom. The standard InChI is InChI=1S/C15H15N9S.C7H14/c16-13(22-23-18)9-4-11-14(19-5-9)24(7-20-11)6-8-1-2-10-12(3-8)25-15(17)21-10;1-7-5-3-2-4-6-7/h1-5,7,23H,6,18H2,(H2,16,22)(H2,17,21);7H,2-6H2,1H3. The first-order valence-corrected chi connectivity index (χ1v) is 11.6. The maximum atomic E-state index is 5.80. The van der Waals surface area contributed by atoms with E-state index in [0.717, 1.165) is 32.9 Å². The number of nitrogens with zero attached hydrogens (tertiary/aromatic N) is 5. The van der Waals surface area contributed by atoms with Crippen molar-refractivity contribution in [1.29, 1.82) is 0 Å². The monoisotopic (exact) mass is 451 g/mol. The Kier molecular flexibility index (Phi) is 6.81. The fourth-order valence-corrected chi connectivity index (χ4v) is 4.73. The number of hydrazine groups is 1. The highest BCUT2D eigenvalue weighted by molar-refractivity contribution is 7.22. The van der Waals surface area contributed by atoms with E-state index in [4.69, 9.17) is 17.3 Å². The lowest BCUT2D eigenvalue weighted by atomic mass is 9.91. The van der Waals surface area contributed by atoms with Crippen LogP contribution in [0.4, 0.5) is 5.13 Å². The molecule has 4 aromatic rings. The summed E-state index contributed by atoms with van der Waals surface area (Å²) in [6.45, 7) is 3.00. The number of anilines is 1. The fraction of sp³-hybridized carbons (Fsp3) is 0.364. The lowest BCUT2D eigenvalue weighted by Crippen LogP contribution is -2.23. The van der Waals surface area contributed by atoms with Crippen LogP contribution >= 0.6 is 11.3 Å². The van der Waals surface area contributed by atoms with Crippen LogP contribution in [0.5, 0.6) is 0 Å². The molecule has 0 unspecified atom stereocenters. The van der Waals surface area contributed by atoms with Crippen molar-refractivity contribution in [2.45, 2.75) is 45.6 Å². The zero-order valence-corrected chi connectivity index (χ0v) is 19.0. The normalized spacial score (nSPS) is 15.0. The van der Waals surface area contributed by atoms with Gasteiger partial charge in [0, 0.05) is 11.8 Å². The molecule has 3 heterocycles. The first-order valence-electron chi connectivity index (χ1n) is 10.8. The second-order valence-electron chi connectivity index (χ2n) is 8.16. The van der Waals surface area contributed by atoms with Crippen LogP contribution in [0.25, 0.3) is 21.4 Å². The van der Waals surface area contributed by atoms with Gasteiger partial charge in [0.1, 0.15) is 5.52 Å². The lowest BCUT2D eigenvalue weighted by Gasteiger charge is -2.15. The molecule has 1 aliphatic rings. The molecule has 0 spiro atoms. The van der Waals surface area contributed by atoms with E-state index < -0.39 is 0 Å².